The molecule has 3 aromatic carbocycles. The molecule has 1 heterocycles. The van der Waals surface area contributed by atoms with Crippen molar-refractivity contribution in [2.24, 2.45) is 0 Å². The molecule has 0 aliphatic heterocycles. The highest BCUT2D eigenvalue weighted by Crippen LogP contribution is 2.17. The minimum atomic E-state index is -0.530. The SMILES string of the molecule is Cc1ccc2ccc[c]([AlH][c]3ccc(-c4ccccc4)cc3)c2n1. The van der Waals surface area contributed by atoms with Gasteiger partial charge in [-0.05, 0) is 29.5 Å². The van der Waals surface area contributed by atoms with Gasteiger partial charge in [0, 0.05) is 5.69 Å². The summed E-state index contributed by atoms with van der Waals surface area (Å²) in [5.41, 5.74) is 4.81. The van der Waals surface area contributed by atoms with E-state index < -0.39 is 15.2 Å². The highest BCUT2D eigenvalue weighted by molar-refractivity contribution is 6.69. The Labute approximate surface area is 148 Å². The number of aromatic nitrogens is 1. The van der Waals surface area contributed by atoms with E-state index in [2.05, 4.69) is 91.9 Å². The summed E-state index contributed by atoms with van der Waals surface area (Å²) in [5.74, 6) is 0. The smallest absolute Gasteiger partial charge is 0.254 e. The van der Waals surface area contributed by atoms with Gasteiger partial charge in [0.1, 0.15) is 0 Å². The first kappa shape index (κ1) is 15.1. The Balaban J connectivity index is 1.65. The lowest BCUT2D eigenvalue weighted by Crippen LogP contribution is -2.28. The number of fused-ring (bicyclic) bond motifs is 1. The Morgan fingerprint density at radius 3 is 2.21 bits per heavy atom. The number of benzene rings is 3. The number of hydrogen-bond donors (Lipinski definition) is 0. The van der Waals surface area contributed by atoms with Crippen molar-refractivity contribution in [1.82, 2.24) is 4.98 Å². The zero-order chi connectivity index (χ0) is 16.4. The Morgan fingerprint density at radius 2 is 1.42 bits per heavy atom. The topological polar surface area (TPSA) is 12.9 Å². The van der Waals surface area contributed by atoms with Gasteiger partial charge < -0.3 is 0 Å². The van der Waals surface area contributed by atoms with E-state index in [4.69, 9.17) is 4.98 Å². The summed E-state index contributed by atoms with van der Waals surface area (Å²) in [6.07, 6.45) is 0. The maximum absolute atomic E-state index is 4.77. The average molecular weight is 323 g/mol. The van der Waals surface area contributed by atoms with E-state index in [1.54, 1.807) is 0 Å². The highest BCUT2D eigenvalue weighted by atomic mass is 27.1. The van der Waals surface area contributed by atoms with E-state index in [0.29, 0.717) is 0 Å². The second-order valence-electron chi connectivity index (χ2n) is 6.18. The minimum Gasteiger partial charge on any atom is -0.254 e. The van der Waals surface area contributed by atoms with Crippen LogP contribution in [-0.2, 0) is 0 Å². The molecule has 0 aliphatic rings. The first-order chi connectivity index (χ1) is 11.8. The first-order valence-corrected chi connectivity index (χ1v) is 9.71. The van der Waals surface area contributed by atoms with Crippen LogP contribution in [0.3, 0.4) is 0 Å². The summed E-state index contributed by atoms with van der Waals surface area (Å²) in [7, 11) is 0. The summed E-state index contributed by atoms with van der Waals surface area (Å²) >= 11 is -0.530. The van der Waals surface area contributed by atoms with Crippen LogP contribution in [0.2, 0.25) is 0 Å². The van der Waals surface area contributed by atoms with E-state index in [1.807, 2.05) is 0 Å². The van der Waals surface area contributed by atoms with E-state index in [0.717, 1.165) is 5.69 Å². The zero-order valence-electron chi connectivity index (χ0n) is 13.7. The maximum atomic E-state index is 4.77. The maximum Gasteiger partial charge on any atom is 0.327 e. The van der Waals surface area contributed by atoms with E-state index in [-0.39, 0.29) is 0 Å². The lowest BCUT2D eigenvalue weighted by molar-refractivity contribution is 1.26. The first-order valence-electron chi connectivity index (χ1n) is 8.29. The van der Waals surface area contributed by atoms with Gasteiger partial charge in [0.15, 0.2) is 0 Å². The van der Waals surface area contributed by atoms with Gasteiger partial charge in [-0.25, -0.2) is 0 Å². The Morgan fingerprint density at radius 1 is 0.667 bits per heavy atom. The van der Waals surface area contributed by atoms with Gasteiger partial charge in [-0.2, -0.15) is 0 Å². The highest BCUT2D eigenvalue weighted by Gasteiger charge is 2.07. The summed E-state index contributed by atoms with van der Waals surface area (Å²) in [4.78, 5) is 4.77. The van der Waals surface area contributed by atoms with E-state index in [9.17, 15) is 0 Å². The van der Waals surface area contributed by atoms with Crippen LogP contribution in [-0.4, -0.2) is 20.2 Å². The number of para-hydroxylation sites is 1. The molecule has 0 spiro atoms. The molecular formula is C22H18AlN. The quantitative estimate of drug-likeness (QED) is 0.525. The predicted octanol–water partition coefficient (Wildman–Crippen LogP) is 3.60. The number of hydrogen-bond acceptors (Lipinski definition) is 1. The molecule has 0 atom stereocenters. The number of nitrogens with zero attached hydrogens (tertiary/aromatic N) is 1. The van der Waals surface area contributed by atoms with Crippen LogP contribution in [0.5, 0.6) is 0 Å². The van der Waals surface area contributed by atoms with Crippen molar-refractivity contribution in [3.05, 3.63) is 90.6 Å². The summed E-state index contributed by atoms with van der Waals surface area (Å²) in [6, 6.07) is 30.4. The third-order valence-electron chi connectivity index (χ3n) is 4.40. The van der Waals surface area contributed by atoms with Gasteiger partial charge in [-0.15, -0.1) is 4.43 Å². The molecule has 4 aromatic rings. The molecule has 0 saturated heterocycles. The monoisotopic (exact) mass is 323 g/mol. The summed E-state index contributed by atoms with van der Waals surface area (Å²) in [6.45, 7) is 2.06. The van der Waals surface area contributed by atoms with Gasteiger partial charge in [0.05, 0.1) is 5.52 Å². The van der Waals surface area contributed by atoms with Gasteiger partial charge >= 0.3 is 15.2 Å². The molecule has 1 nitrogen and oxygen atoms in total. The van der Waals surface area contributed by atoms with Crippen molar-refractivity contribution in [3.63, 3.8) is 0 Å². The molecule has 2 heteroatoms. The molecule has 0 bridgehead atoms. The van der Waals surface area contributed by atoms with Crippen LogP contribution in [0.25, 0.3) is 22.0 Å². The molecule has 1 aromatic heterocycles. The van der Waals surface area contributed by atoms with Crippen molar-refractivity contribution >= 4 is 35.0 Å². The van der Waals surface area contributed by atoms with Crippen molar-refractivity contribution in [2.75, 3.05) is 0 Å². The normalized spacial score (nSPS) is 10.7. The predicted molar refractivity (Wildman–Crippen MR) is 105 cm³/mol. The molecule has 4 rings (SSSR count). The second-order valence-corrected chi connectivity index (χ2v) is 8.11. The van der Waals surface area contributed by atoms with Crippen LogP contribution in [0.4, 0.5) is 0 Å². The fourth-order valence-electron chi connectivity index (χ4n) is 3.11. The number of pyridine rings is 1. The van der Waals surface area contributed by atoms with Gasteiger partial charge in [-0.1, -0.05) is 83.3 Å². The lowest BCUT2D eigenvalue weighted by atomic mass is 10.1. The van der Waals surface area contributed by atoms with Gasteiger partial charge in [0.2, 0.25) is 0 Å². The fourth-order valence-corrected chi connectivity index (χ4v) is 4.73. The van der Waals surface area contributed by atoms with Crippen molar-refractivity contribution in [1.29, 1.82) is 0 Å². The largest absolute Gasteiger partial charge is 0.327 e. The van der Waals surface area contributed by atoms with Crippen molar-refractivity contribution in [2.45, 2.75) is 6.92 Å². The van der Waals surface area contributed by atoms with Crippen LogP contribution in [0.15, 0.2) is 84.9 Å². The molecule has 0 aliphatic carbocycles. The zero-order valence-corrected chi connectivity index (χ0v) is 15.2. The lowest BCUT2D eigenvalue weighted by Gasteiger charge is -2.07. The standard InChI is InChI=1S/C12H9.C10H8N.Al.H/c1-3-7-11(8-4-1)12-9-5-2-6-10-12;1-8-6-7-9-4-2-3-5-10(9)11-8;;/h1,3-10H;2-4,6-7H,1H3;;. The average Bonchev–Trinajstić information content (AvgIpc) is 2.64. The molecule has 0 amide bonds. The summed E-state index contributed by atoms with van der Waals surface area (Å²) < 4.78 is 2.87. The van der Waals surface area contributed by atoms with Crippen LogP contribution in [0, 0.1) is 6.92 Å². The molecule has 24 heavy (non-hydrogen) atoms. The van der Waals surface area contributed by atoms with Gasteiger partial charge in [0.25, 0.3) is 0 Å². The third kappa shape index (κ3) is 3.12. The molecule has 0 radical (unpaired) electrons. The molecule has 0 unspecified atom stereocenters. The van der Waals surface area contributed by atoms with E-state index >= 15 is 0 Å². The molecule has 0 N–H and O–H groups in total. The fraction of sp³-hybridized carbons (Fsp3) is 0.0455. The summed E-state index contributed by atoms with van der Waals surface area (Å²) in [5, 5.41) is 1.24. The molecule has 0 saturated carbocycles. The Hall–Kier alpha value is -2.40. The Kier molecular flexibility index (Phi) is 4.17. The van der Waals surface area contributed by atoms with Crippen molar-refractivity contribution in [3.8, 4) is 11.1 Å². The van der Waals surface area contributed by atoms with Crippen LogP contribution < -0.4 is 8.85 Å². The number of aryl methyl sites for hydroxylation is 1. The van der Waals surface area contributed by atoms with E-state index in [1.165, 1.54) is 30.9 Å². The number of rotatable bonds is 3. The van der Waals surface area contributed by atoms with Crippen LogP contribution in [0.1, 0.15) is 5.69 Å². The third-order valence-corrected chi connectivity index (χ3v) is 6.23. The van der Waals surface area contributed by atoms with Gasteiger partial charge in [-0.3, -0.25) is 4.98 Å². The molecule has 114 valence electrons. The minimum absolute atomic E-state index is 0.530. The Bertz CT molecular complexity index is 976. The molecule has 0 fully saturated rings. The van der Waals surface area contributed by atoms with Crippen LogP contribution >= 0.6 is 0 Å². The second kappa shape index (κ2) is 6.61. The molecular weight excluding hydrogens is 305 g/mol. The van der Waals surface area contributed by atoms with Crippen molar-refractivity contribution < 1.29 is 0 Å².